The first-order valence-electron chi connectivity index (χ1n) is 4.76. The first kappa shape index (κ1) is 11.1. The zero-order chi connectivity index (χ0) is 10.6. The standard InChI is InChI=1S/C11H16FNO/c1-8(2)13-11(7-14)9-5-3-4-6-10(9)12/h3-6,8,11,13-14H,7H2,1-2H3/t11-/m0/s1. The van der Waals surface area contributed by atoms with E-state index in [0.717, 1.165) is 0 Å². The summed E-state index contributed by atoms with van der Waals surface area (Å²) in [5.41, 5.74) is 0.517. The van der Waals surface area contributed by atoms with Crippen molar-refractivity contribution in [3.8, 4) is 0 Å². The molecular weight excluding hydrogens is 181 g/mol. The number of hydrogen-bond donors (Lipinski definition) is 2. The fourth-order valence-corrected chi connectivity index (χ4v) is 1.40. The maximum Gasteiger partial charge on any atom is 0.128 e. The van der Waals surface area contributed by atoms with Crippen molar-refractivity contribution in [1.29, 1.82) is 0 Å². The van der Waals surface area contributed by atoms with Gasteiger partial charge in [-0.05, 0) is 6.07 Å². The molecule has 0 radical (unpaired) electrons. The van der Waals surface area contributed by atoms with Gasteiger partial charge in [0, 0.05) is 11.6 Å². The van der Waals surface area contributed by atoms with E-state index in [1.165, 1.54) is 6.07 Å². The van der Waals surface area contributed by atoms with Gasteiger partial charge >= 0.3 is 0 Å². The van der Waals surface area contributed by atoms with Gasteiger partial charge in [-0.3, -0.25) is 0 Å². The Balaban J connectivity index is 2.83. The van der Waals surface area contributed by atoms with Crippen molar-refractivity contribution in [2.75, 3.05) is 6.61 Å². The summed E-state index contributed by atoms with van der Waals surface area (Å²) in [5, 5.41) is 12.2. The Morgan fingerprint density at radius 2 is 2.00 bits per heavy atom. The van der Waals surface area contributed by atoms with Crippen LogP contribution in [0.3, 0.4) is 0 Å². The molecule has 0 heterocycles. The number of halogens is 1. The topological polar surface area (TPSA) is 32.3 Å². The summed E-state index contributed by atoms with van der Waals surface area (Å²) in [5.74, 6) is -0.278. The third kappa shape index (κ3) is 2.79. The van der Waals surface area contributed by atoms with Gasteiger partial charge in [-0.15, -0.1) is 0 Å². The van der Waals surface area contributed by atoms with Gasteiger partial charge in [0.1, 0.15) is 5.82 Å². The molecule has 0 aliphatic heterocycles. The molecule has 0 bridgehead atoms. The molecule has 1 aromatic rings. The molecule has 1 rings (SSSR count). The van der Waals surface area contributed by atoms with E-state index >= 15 is 0 Å². The molecule has 78 valence electrons. The van der Waals surface area contributed by atoms with Crippen LogP contribution in [-0.4, -0.2) is 17.8 Å². The second-order valence-electron chi connectivity index (χ2n) is 3.58. The maximum absolute atomic E-state index is 13.3. The lowest BCUT2D eigenvalue weighted by Crippen LogP contribution is -2.31. The fourth-order valence-electron chi connectivity index (χ4n) is 1.40. The van der Waals surface area contributed by atoms with Crippen LogP contribution in [0.4, 0.5) is 4.39 Å². The molecule has 1 aromatic carbocycles. The number of benzene rings is 1. The van der Waals surface area contributed by atoms with E-state index in [1.807, 2.05) is 13.8 Å². The monoisotopic (exact) mass is 197 g/mol. The van der Waals surface area contributed by atoms with Gasteiger partial charge in [-0.25, -0.2) is 4.39 Å². The SMILES string of the molecule is CC(C)N[C@@H](CO)c1ccccc1F. The summed E-state index contributed by atoms with van der Waals surface area (Å²) in [6.45, 7) is 3.83. The molecule has 0 unspecified atom stereocenters. The Kier molecular flexibility index (Phi) is 4.04. The normalized spacial score (nSPS) is 13.2. The van der Waals surface area contributed by atoms with Crippen molar-refractivity contribution in [1.82, 2.24) is 5.32 Å². The highest BCUT2D eigenvalue weighted by atomic mass is 19.1. The molecule has 0 fully saturated rings. The summed E-state index contributed by atoms with van der Waals surface area (Å²) >= 11 is 0. The molecule has 3 heteroatoms. The minimum Gasteiger partial charge on any atom is -0.394 e. The number of aliphatic hydroxyl groups excluding tert-OH is 1. The van der Waals surface area contributed by atoms with Crippen LogP contribution in [0.2, 0.25) is 0 Å². The molecule has 0 saturated carbocycles. The Labute approximate surface area is 83.8 Å². The largest absolute Gasteiger partial charge is 0.394 e. The average Bonchev–Trinajstić information content (AvgIpc) is 2.15. The second-order valence-corrected chi connectivity index (χ2v) is 3.58. The lowest BCUT2D eigenvalue weighted by Gasteiger charge is -2.19. The van der Waals surface area contributed by atoms with Crippen LogP contribution in [0.25, 0.3) is 0 Å². The van der Waals surface area contributed by atoms with Crippen molar-refractivity contribution in [2.45, 2.75) is 25.9 Å². The van der Waals surface area contributed by atoms with Crippen LogP contribution in [0.1, 0.15) is 25.5 Å². The Bertz CT molecular complexity index is 288. The first-order valence-corrected chi connectivity index (χ1v) is 4.76. The van der Waals surface area contributed by atoms with Crippen molar-refractivity contribution in [2.24, 2.45) is 0 Å². The summed E-state index contributed by atoms with van der Waals surface area (Å²) < 4.78 is 13.3. The molecule has 0 aliphatic carbocycles. The number of hydrogen-bond acceptors (Lipinski definition) is 2. The van der Waals surface area contributed by atoms with Crippen LogP contribution in [0.15, 0.2) is 24.3 Å². The van der Waals surface area contributed by atoms with Crippen LogP contribution >= 0.6 is 0 Å². The highest BCUT2D eigenvalue weighted by Crippen LogP contribution is 2.16. The minimum absolute atomic E-state index is 0.0981. The zero-order valence-electron chi connectivity index (χ0n) is 8.50. The maximum atomic E-state index is 13.3. The van der Waals surface area contributed by atoms with Crippen LogP contribution in [0.5, 0.6) is 0 Å². The Morgan fingerprint density at radius 3 is 2.50 bits per heavy atom. The summed E-state index contributed by atoms with van der Waals surface area (Å²) in [7, 11) is 0. The molecule has 0 aliphatic rings. The van der Waals surface area contributed by atoms with Crippen LogP contribution < -0.4 is 5.32 Å². The van der Waals surface area contributed by atoms with E-state index in [9.17, 15) is 4.39 Å². The molecule has 14 heavy (non-hydrogen) atoms. The van der Waals surface area contributed by atoms with Gasteiger partial charge in [-0.2, -0.15) is 0 Å². The van der Waals surface area contributed by atoms with E-state index in [1.54, 1.807) is 18.2 Å². The fraction of sp³-hybridized carbons (Fsp3) is 0.455. The quantitative estimate of drug-likeness (QED) is 0.772. The van der Waals surface area contributed by atoms with Gasteiger partial charge in [0.2, 0.25) is 0 Å². The highest BCUT2D eigenvalue weighted by molar-refractivity contribution is 5.21. The predicted molar refractivity (Wildman–Crippen MR) is 54.5 cm³/mol. The Hall–Kier alpha value is -0.930. The molecular formula is C11H16FNO. The number of nitrogens with one attached hydrogen (secondary N) is 1. The van der Waals surface area contributed by atoms with Gasteiger partial charge in [-0.1, -0.05) is 32.0 Å². The third-order valence-electron chi connectivity index (χ3n) is 2.00. The zero-order valence-corrected chi connectivity index (χ0v) is 8.50. The van der Waals surface area contributed by atoms with E-state index in [-0.39, 0.29) is 24.5 Å². The van der Waals surface area contributed by atoms with Gasteiger partial charge < -0.3 is 10.4 Å². The van der Waals surface area contributed by atoms with Gasteiger partial charge in [0.15, 0.2) is 0 Å². The second kappa shape index (κ2) is 5.08. The molecule has 0 saturated heterocycles. The van der Waals surface area contributed by atoms with Gasteiger partial charge in [0.05, 0.1) is 12.6 Å². The van der Waals surface area contributed by atoms with Crippen molar-refractivity contribution < 1.29 is 9.50 Å². The van der Waals surface area contributed by atoms with Crippen molar-refractivity contribution in [3.05, 3.63) is 35.6 Å². The number of rotatable bonds is 4. The molecule has 0 amide bonds. The molecule has 0 spiro atoms. The van der Waals surface area contributed by atoms with E-state index in [4.69, 9.17) is 5.11 Å². The van der Waals surface area contributed by atoms with Gasteiger partial charge in [0.25, 0.3) is 0 Å². The summed E-state index contributed by atoms with van der Waals surface area (Å²) in [6, 6.07) is 6.39. The van der Waals surface area contributed by atoms with E-state index in [2.05, 4.69) is 5.32 Å². The minimum atomic E-state index is -0.323. The summed E-state index contributed by atoms with van der Waals surface area (Å²) in [4.78, 5) is 0. The van der Waals surface area contributed by atoms with Crippen LogP contribution in [0, 0.1) is 5.82 Å². The van der Waals surface area contributed by atoms with E-state index in [0.29, 0.717) is 5.56 Å². The van der Waals surface area contributed by atoms with Crippen molar-refractivity contribution >= 4 is 0 Å². The van der Waals surface area contributed by atoms with Crippen LogP contribution in [-0.2, 0) is 0 Å². The highest BCUT2D eigenvalue weighted by Gasteiger charge is 2.14. The van der Waals surface area contributed by atoms with E-state index < -0.39 is 0 Å². The Morgan fingerprint density at radius 1 is 1.36 bits per heavy atom. The average molecular weight is 197 g/mol. The molecule has 1 atom stereocenters. The molecule has 0 aromatic heterocycles. The lowest BCUT2D eigenvalue weighted by atomic mass is 10.1. The molecule has 2 nitrogen and oxygen atoms in total. The smallest absolute Gasteiger partial charge is 0.128 e. The first-order chi connectivity index (χ1) is 6.65. The molecule has 2 N–H and O–H groups in total. The summed E-state index contributed by atoms with van der Waals surface area (Å²) in [6.07, 6.45) is 0. The van der Waals surface area contributed by atoms with Crippen molar-refractivity contribution in [3.63, 3.8) is 0 Å². The number of aliphatic hydroxyl groups is 1. The lowest BCUT2D eigenvalue weighted by molar-refractivity contribution is 0.234. The third-order valence-corrected chi connectivity index (χ3v) is 2.00. The predicted octanol–water partition coefficient (Wildman–Crippen LogP) is 1.86.